The van der Waals surface area contributed by atoms with Crippen molar-refractivity contribution in [3.63, 3.8) is 0 Å². The lowest BCUT2D eigenvalue weighted by atomic mass is 9.89. The van der Waals surface area contributed by atoms with Crippen LogP contribution in [0.5, 0.6) is 0 Å². The first kappa shape index (κ1) is 15.0. The number of nitrogens with two attached hydrogens (primary N) is 1. The summed E-state index contributed by atoms with van der Waals surface area (Å²) in [5, 5.41) is 4.84. The van der Waals surface area contributed by atoms with Crippen LogP contribution < -0.4 is 5.73 Å². The summed E-state index contributed by atoms with van der Waals surface area (Å²) in [5.74, 6) is 0. The van der Waals surface area contributed by atoms with Gasteiger partial charge in [-0.3, -0.25) is 4.68 Å². The smallest absolute Gasteiger partial charge is 0.0703 e. The van der Waals surface area contributed by atoms with Gasteiger partial charge in [0.05, 0.1) is 17.3 Å². The summed E-state index contributed by atoms with van der Waals surface area (Å²) in [6, 6.07) is 0.590. The second kappa shape index (κ2) is 5.73. The maximum absolute atomic E-state index is 6.28. The molecule has 0 bridgehead atoms. The average molecular weight is 291 g/mol. The molecule has 2 fully saturated rings. The second-order valence-electron chi connectivity index (χ2n) is 6.93. The molecule has 2 N–H and O–H groups in total. The molecule has 4 heteroatoms. The van der Waals surface area contributed by atoms with Crippen LogP contribution in [-0.2, 0) is 4.74 Å². The molecule has 1 saturated carbocycles. The van der Waals surface area contributed by atoms with Crippen LogP contribution in [0.1, 0.15) is 80.9 Å². The summed E-state index contributed by atoms with van der Waals surface area (Å²) in [7, 11) is 0. The van der Waals surface area contributed by atoms with Gasteiger partial charge in [-0.05, 0) is 46.0 Å². The first-order chi connectivity index (χ1) is 10.1. The Labute approximate surface area is 128 Å². The summed E-state index contributed by atoms with van der Waals surface area (Å²) >= 11 is 0. The summed E-state index contributed by atoms with van der Waals surface area (Å²) in [6.45, 7) is 7.29. The minimum atomic E-state index is 0.110. The van der Waals surface area contributed by atoms with Gasteiger partial charge in [-0.2, -0.15) is 5.10 Å². The maximum Gasteiger partial charge on any atom is 0.0703 e. The van der Waals surface area contributed by atoms with Crippen molar-refractivity contribution >= 4 is 0 Å². The summed E-state index contributed by atoms with van der Waals surface area (Å²) in [5.41, 5.74) is 10.0. The molecule has 118 valence electrons. The van der Waals surface area contributed by atoms with Crippen LogP contribution in [0.15, 0.2) is 0 Å². The van der Waals surface area contributed by atoms with E-state index in [2.05, 4.69) is 25.5 Å². The molecular formula is C17H29N3O. The summed E-state index contributed by atoms with van der Waals surface area (Å²) < 4.78 is 8.41. The normalized spacial score (nSPS) is 26.4. The molecule has 0 aromatic carbocycles. The maximum atomic E-state index is 6.28. The van der Waals surface area contributed by atoms with Gasteiger partial charge in [-0.15, -0.1) is 0 Å². The zero-order valence-corrected chi connectivity index (χ0v) is 13.7. The Kier molecular flexibility index (Phi) is 4.10. The van der Waals surface area contributed by atoms with Crippen LogP contribution in [-0.4, -0.2) is 22.0 Å². The molecule has 2 unspecified atom stereocenters. The van der Waals surface area contributed by atoms with Crippen molar-refractivity contribution in [3.05, 3.63) is 17.0 Å². The van der Waals surface area contributed by atoms with Crippen molar-refractivity contribution < 1.29 is 4.74 Å². The highest BCUT2D eigenvalue weighted by atomic mass is 16.5. The lowest BCUT2D eigenvalue weighted by Crippen LogP contribution is -2.38. The van der Waals surface area contributed by atoms with Crippen LogP contribution in [0.2, 0.25) is 0 Å². The zero-order valence-electron chi connectivity index (χ0n) is 13.7. The average Bonchev–Trinajstić information content (AvgIpc) is 3.03. The van der Waals surface area contributed by atoms with Crippen molar-refractivity contribution in [1.29, 1.82) is 0 Å². The molecule has 1 saturated heterocycles. The van der Waals surface area contributed by atoms with Crippen molar-refractivity contribution in [2.45, 2.75) is 83.4 Å². The fraction of sp³-hybridized carbons (Fsp3) is 0.824. The first-order valence-corrected chi connectivity index (χ1v) is 8.51. The molecule has 1 aliphatic carbocycles. The monoisotopic (exact) mass is 291 g/mol. The number of ether oxygens (including phenoxy) is 1. The van der Waals surface area contributed by atoms with Crippen LogP contribution >= 0.6 is 0 Å². The molecule has 21 heavy (non-hydrogen) atoms. The van der Waals surface area contributed by atoms with Gasteiger partial charge in [0.15, 0.2) is 0 Å². The lowest BCUT2D eigenvalue weighted by molar-refractivity contribution is -0.0912. The quantitative estimate of drug-likeness (QED) is 0.926. The molecule has 3 rings (SSSR count). The third kappa shape index (κ3) is 2.64. The standard InChI is InChI=1S/C17H29N3O/c1-4-15(18)16-12(2)19-20(13(16)3)14-7-10-21-17(11-14)8-5-6-9-17/h14-15H,4-11,18H2,1-3H3. The van der Waals surface area contributed by atoms with E-state index < -0.39 is 0 Å². The number of hydrogen-bond donors (Lipinski definition) is 1. The van der Waals surface area contributed by atoms with Crippen molar-refractivity contribution in [2.75, 3.05) is 6.61 Å². The van der Waals surface area contributed by atoms with Crippen LogP contribution in [0.25, 0.3) is 0 Å². The molecule has 1 aromatic rings. The van der Waals surface area contributed by atoms with Gasteiger partial charge in [0.25, 0.3) is 0 Å². The van der Waals surface area contributed by atoms with Crippen LogP contribution in [0.4, 0.5) is 0 Å². The molecule has 1 aliphatic heterocycles. The Morgan fingerprint density at radius 2 is 2.10 bits per heavy atom. The number of aryl methyl sites for hydroxylation is 1. The molecule has 2 atom stereocenters. The van der Waals surface area contributed by atoms with Gasteiger partial charge in [0.1, 0.15) is 0 Å². The zero-order chi connectivity index (χ0) is 15.0. The number of aromatic nitrogens is 2. The minimum Gasteiger partial charge on any atom is -0.375 e. The highest BCUT2D eigenvalue weighted by Gasteiger charge is 2.41. The van der Waals surface area contributed by atoms with Gasteiger partial charge in [0.2, 0.25) is 0 Å². The predicted octanol–water partition coefficient (Wildman–Crippen LogP) is 3.57. The molecule has 4 nitrogen and oxygen atoms in total. The molecule has 2 heterocycles. The lowest BCUT2D eigenvalue weighted by Gasteiger charge is -2.38. The Balaban J connectivity index is 1.86. The highest BCUT2D eigenvalue weighted by molar-refractivity contribution is 5.28. The molecule has 2 aliphatic rings. The van der Waals surface area contributed by atoms with Gasteiger partial charge in [0, 0.05) is 23.9 Å². The Morgan fingerprint density at radius 3 is 2.76 bits per heavy atom. The minimum absolute atomic E-state index is 0.110. The third-order valence-electron chi connectivity index (χ3n) is 5.52. The van der Waals surface area contributed by atoms with E-state index in [4.69, 9.17) is 15.6 Å². The van der Waals surface area contributed by atoms with Crippen molar-refractivity contribution in [1.82, 2.24) is 9.78 Å². The fourth-order valence-corrected chi connectivity index (χ4v) is 4.35. The van der Waals surface area contributed by atoms with Gasteiger partial charge >= 0.3 is 0 Å². The first-order valence-electron chi connectivity index (χ1n) is 8.51. The van der Waals surface area contributed by atoms with E-state index in [1.807, 2.05) is 0 Å². The van der Waals surface area contributed by atoms with E-state index in [0.29, 0.717) is 6.04 Å². The van der Waals surface area contributed by atoms with E-state index in [0.717, 1.165) is 31.6 Å². The van der Waals surface area contributed by atoms with Crippen LogP contribution in [0.3, 0.4) is 0 Å². The second-order valence-corrected chi connectivity index (χ2v) is 6.93. The van der Waals surface area contributed by atoms with Crippen LogP contribution in [0, 0.1) is 13.8 Å². The van der Waals surface area contributed by atoms with E-state index in [-0.39, 0.29) is 11.6 Å². The van der Waals surface area contributed by atoms with Crippen molar-refractivity contribution in [3.8, 4) is 0 Å². The Hall–Kier alpha value is -0.870. The van der Waals surface area contributed by atoms with E-state index >= 15 is 0 Å². The summed E-state index contributed by atoms with van der Waals surface area (Å²) in [4.78, 5) is 0. The molecule has 0 amide bonds. The van der Waals surface area contributed by atoms with Gasteiger partial charge in [-0.1, -0.05) is 19.8 Å². The van der Waals surface area contributed by atoms with Crippen molar-refractivity contribution in [2.24, 2.45) is 5.73 Å². The predicted molar refractivity (Wildman–Crippen MR) is 84.3 cm³/mol. The molecule has 1 aromatic heterocycles. The largest absolute Gasteiger partial charge is 0.375 e. The Morgan fingerprint density at radius 1 is 1.38 bits per heavy atom. The third-order valence-corrected chi connectivity index (χ3v) is 5.52. The Bertz CT molecular complexity index is 502. The number of rotatable bonds is 3. The van der Waals surface area contributed by atoms with Gasteiger partial charge in [-0.25, -0.2) is 0 Å². The topological polar surface area (TPSA) is 53.1 Å². The number of hydrogen-bond acceptors (Lipinski definition) is 3. The summed E-state index contributed by atoms with van der Waals surface area (Å²) in [6.07, 6.45) is 8.24. The SMILES string of the molecule is CCC(N)c1c(C)nn(C2CCOC3(CCCC3)C2)c1C. The molecular weight excluding hydrogens is 262 g/mol. The molecule has 0 radical (unpaired) electrons. The van der Waals surface area contributed by atoms with Gasteiger partial charge < -0.3 is 10.5 Å². The number of nitrogens with zero attached hydrogens (tertiary/aromatic N) is 2. The molecule has 1 spiro atoms. The fourth-order valence-electron chi connectivity index (χ4n) is 4.35. The van der Waals surface area contributed by atoms with E-state index in [9.17, 15) is 0 Å². The highest BCUT2D eigenvalue weighted by Crippen LogP contribution is 2.44. The van der Waals surface area contributed by atoms with E-state index in [1.165, 1.54) is 36.9 Å². The van der Waals surface area contributed by atoms with E-state index in [1.54, 1.807) is 0 Å².